The molecular weight excluding hydrogens is 1300 g/mol. The molecule has 32 heteroatoms. The second kappa shape index (κ2) is 29.3. The van der Waals surface area contributed by atoms with Crippen LogP contribution in [0, 0.1) is 6.92 Å². The topological polar surface area (TPSA) is 314 Å². The van der Waals surface area contributed by atoms with Crippen LogP contribution in [-0.4, -0.2) is 132 Å². The lowest BCUT2D eigenvalue weighted by Crippen LogP contribution is -2.42. The highest BCUT2D eigenvalue weighted by atomic mass is 35.5. The number of ether oxygens (including phenoxy) is 13. The number of hydrogen-bond donors (Lipinski definition) is 0. The smallest absolute Gasteiger partial charge is 0.341 e. The number of esters is 11. The van der Waals surface area contributed by atoms with Crippen molar-refractivity contribution in [1.29, 1.82) is 0 Å². The largest absolute Gasteiger partial charge is 0.488 e. The lowest BCUT2D eigenvalue weighted by atomic mass is 9.61. The highest BCUT2D eigenvalue weighted by molar-refractivity contribution is 6.42. The molecule has 1 heterocycles. The van der Waals surface area contributed by atoms with Crippen molar-refractivity contribution >= 4 is 147 Å². The molecule has 2 aliphatic rings. The van der Waals surface area contributed by atoms with Gasteiger partial charge in [0.2, 0.25) is 27.2 Å². The Kier molecular flexibility index (Phi) is 23.0. The maximum absolute atomic E-state index is 15.1. The average molecular weight is 1350 g/mol. The van der Waals surface area contributed by atoms with E-state index in [4.69, 9.17) is 131 Å². The van der Waals surface area contributed by atoms with Gasteiger partial charge in [0.15, 0.2) is 22.8 Å². The van der Waals surface area contributed by atoms with Gasteiger partial charge >= 0.3 is 65.7 Å². The normalized spacial score (nSPS) is 12.8. The fourth-order valence-electron chi connectivity index (χ4n) is 9.19. The summed E-state index contributed by atoms with van der Waals surface area (Å²) in [4.78, 5) is 142. The van der Waals surface area contributed by atoms with Crippen LogP contribution in [-0.2, 0) is 102 Å². The first-order valence-electron chi connectivity index (χ1n) is 25.6. The Morgan fingerprint density at radius 1 is 0.477 bits per heavy atom. The first-order valence-corrected chi connectivity index (χ1v) is 27.8. The second-order valence-electron chi connectivity index (χ2n) is 19.2. The number of nitrogens with zero attached hydrogens (tertiary/aromatic N) is 2. The van der Waals surface area contributed by atoms with Gasteiger partial charge in [-0.2, -0.15) is 0 Å². The molecule has 0 amide bonds. The van der Waals surface area contributed by atoms with Crippen LogP contribution in [0.5, 0.6) is 23.0 Å². The minimum atomic E-state index is -2.44. The Labute approximate surface area is 530 Å². The van der Waals surface area contributed by atoms with Gasteiger partial charge in [0.25, 0.3) is 0 Å². The van der Waals surface area contributed by atoms with Gasteiger partial charge in [-0.15, -0.1) is 0 Å². The fourth-order valence-corrected chi connectivity index (χ4v) is 11.5. The van der Waals surface area contributed by atoms with E-state index >= 15 is 4.79 Å². The van der Waals surface area contributed by atoms with Crippen molar-refractivity contribution in [3.63, 3.8) is 0 Å². The summed E-state index contributed by atoms with van der Waals surface area (Å²) in [6.45, 7) is 3.44. The molecule has 4 aromatic rings. The molecule has 0 radical (unpaired) electrons. The first-order chi connectivity index (χ1) is 41.3. The predicted octanol–water partition coefficient (Wildman–Crippen LogP) is 8.19. The number of hydrogen-bond acceptors (Lipinski definition) is 26. The Bertz CT molecular complexity index is 3390. The summed E-state index contributed by atoms with van der Waals surface area (Å²) >= 11 is 43.4. The van der Waals surface area contributed by atoms with Gasteiger partial charge in [0, 0.05) is 63.6 Å². The third-order valence-electron chi connectivity index (χ3n) is 12.5. The summed E-state index contributed by atoms with van der Waals surface area (Å²) in [7, 11) is 0. The molecule has 0 unspecified atom stereocenters. The molecule has 1 spiro atoms. The highest BCUT2D eigenvalue weighted by Crippen LogP contribution is 2.66. The van der Waals surface area contributed by atoms with Gasteiger partial charge in [-0.1, -0.05) is 89.5 Å². The Morgan fingerprint density at radius 2 is 0.864 bits per heavy atom. The number of anilines is 2. The average Bonchev–Trinajstić information content (AvgIpc) is 1.29. The molecule has 0 aromatic heterocycles. The number of halogens is 6. The van der Waals surface area contributed by atoms with Crippen molar-refractivity contribution in [2.24, 2.45) is 0 Å². The summed E-state index contributed by atoms with van der Waals surface area (Å²) in [5, 5.41) is -2.43. The molecule has 1 aliphatic carbocycles. The highest BCUT2D eigenvalue weighted by Gasteiger charge is 2.60. The summed E-state index contributed by atoms with van der Waals surface area (Å²) in [5.74, 6) is -11.8. The summed E-state index contributed by atoms with van der Waals surface area (Å²) in [6, 6.07) is 7.12. The SMILES string of the molecule is CC(=O)OCOC(=O)CN(CC(=O)OCOC(C)=O)c1ccc(C)cc1OCCOc1c(Cl)c2c(c(Cl)c1N(CC(=O)OCOC(C)=O)CC(=O)OCOC(C)=O)C(=O)OC21c2cc(Cl)c(OC(C)=O)c(Cl)c2C(C)(C)c2c1cc(Cl)c(OC(C)=O)c2Cl. The van der Waals surface area contributed by atoms with Crippen LogP contribution in [0.1, 0.15) is 99.1 Å². The summed E-state index contributed by atoms with van der Waals surface area (Å²) in [6.07, 6.45) is 0. The zero-order valence-electron chi connectivity index (χ0n) is 47.9. The Hall–Kier alpha value is -8.01. The van der Waals surface area contributed by atoms with E-state index in [-0.39, 0.29) is 70.8 Å². The molecule has 4 aromatic carbocycles. The Balaban J connectivity index is 1.61. The minimum absolute atomic E-state index is 0.0186. The van der Waals surface area contributed by atoms with Crippen LogP contribution >= 0.6 is 69.6 Å². The summed E-state index contributed by atoms with van der Waals surface area (Å²) in [5.41, 5.74) is -4.75. The lowest BCUT2D eigenvalue weighted by molar-refractivity contribution is -0.167. The van der Waals surface area contributed by atoms with Gasteiger partial charge in [-0.05, 0) is 47.9 Å². The van der Waals surface area contributed by atoms with E-state index in [1.54, 1.807) is 26.8 Å². The second-order valence-corrected chi connectivity index (χ2v) is 21.6. The maximum atomic E-state index is 15.1. The molecule has 1 aliphatic heterocycles. The quantitative estimate of drug-likeness (QED) is 0.0198. The molecule has 472 valence electrons. The maximum Gasteiger partial charge on any atom is 0.341 e. The van der Waals surface area contributed by atoms with E-state index < -0.39 is 170 Å². The van der Waals surface area contributed by atoms with E-state index in [0.29, 0.717) is 5.56 Å². The molecule has 26 nitrogen and oxygen atoms in total. The van der Waals surface area contributed by atoms with Gasteiger partial charge in [0.05, 0.1) is 41.4 Å². The molecule has 88 heavy (non-hydrogen) atoms. The van der Waals surface area contributed by atoms with Crippen LogP contribution in [0.3, 0.4) is 0 Å². The number of aryl methyl sites for hydroxylation is 1. The third-order valence-corrected chi connectivity index (χ3v) is 14.5. The van der Waals surface area contributed by atoms with Crippen molar-refractivity contribution < 1.29 is 114 Å². The van der Waals surface area contributed by atoms with E-state index in [9.17, 15) is 47.9 Å². The molecule has 0 atom stereocenters. The molecule has 0 fully saturated rings. The van der Waals surface area contributed by atoms with E-state index in [0.717, 1.165) is 51.3 Å². The zero-order chi connectivity index (χ0) is 65.3. The van der Waals surface area contributed by atoms with Crippen molar-refractivity contribution in [2.75, 3.05) is 76.4 Å². The molecule has 6 rings (SSSR count). The van der Waals surface area contributed by atoms with Crippen molar-refractivity contribution in [3.05, 3.63) is 99.4 Å². The van der Waals surface area contributed by atoms with Gasteiger partial charge < -0.3 is 71.4 Å². The van der Waals surface area contributed by atoms with Crippen molar-refractivity contribution in [2.45, 2.75) is 73.3 Å². The molecular formula is C56H52Cl6N2O24. The van der Waals surface area contributed by atoms with Crippen molar-refractivity contribution in [3.8, 4) is 23.0 Å². The van der Waals surface area contributed by atoms with E-state index in [1.165, 1.54) is 24.3 Å². The summed E-state index contributed by atoms with van der Waals surface area (Å²) < 4.78 is 69.6. The lowest BCUT2D eigenvalue weighted by Gasteiger charge is -2.46. The molecule has 0 N–H and O–H groups in total. The van der Waals surface area contributed by atoms with Crippen LogP contribution in [0.15, 0.2) is 30.3 Å². The molecule has 0 saturated heterocycles. The van der Waals surface area contributed by atoms with Crippen LogP contribution in [0.4, 0.5) is 11.4 Å². The number of fused-ring (bicyclic) bond motifs is 6. The number of carbonyl (C=O) groups is 11. The number of benzene rings is 4. The predicted molar refractivity (Wildman–Crippen MR) is 307 cm³/mol. The number of rotatable bonds is 25. The third kappa shape index (κ3) is 15.8. The Morgan fingerprint density at radius 3 is 1.26 bits per heavy atom. The zero-order valence-corrected chi connectivity index (χ0v) is 52.5. The first kappa shape index (κ1) is 69.1. The van der Waals surface area contributed by atoms with Crippen LogP contribution in [0.25, 0.3) is 0 Å². The monoisotopic (exact) mass is 1350 g/mol. The number of carbonyl (C=O) groups excluding carboxylic acids is 11. The van der Waals surface area contributed by atoms with Crippen LogP contribution < -0.4 is 28.7 Å². The standard InChI is InChI=1S/C56H52Cl6N2O24/c1-25-10-11-36(63(17-38(71)82-21-78-26(2)65)18-39(72)83-22-79-27(3)66)37(14-25)76-12-13-77-53-49(62)45-42(46(59)50(53)64(19-40(73)84-23-80-28(4)67)20-41(74)85-24-81-29(5)68)54(75)88-56(45)32-15-34(57)51(86-30(6)69)47(60)43(32)55(8,9)44-33(56)16-35(58)52(48(44)61)87-31(7)70/h10-11,14-16H,12-13,17-24H2,1-9H3. The van der Waals surface area contributed by atoms with E-state index in [2.05, 4.69) is 0 Å². The van der Waals surface area contributed by atoms with Gasteiger partial charge in [-0.3, -0.25) is 47.9 Å². The van der Waals surface area contributed by atoms with Gasteiger partial charge in [-0.25, -0.2) is 4.79 Å². The molecule has 0 bridgehead atoms. The van der Waals surface area contributed by atoms with Crippen LogP contribution in [0.2, 0.25) is 30.1 Å². The van der Waals surface area contributed by atoms with E-state index in [1.807, 2.05) is 0 Å². The fraction of sp³-hybridized carbons (Fsp3) is 0.375. The van der Waals surface area contributed by atoms with Crippen molar-refractivity contribution in [1.82, 2.24) is 0 Å². The molecule has 0 saturated carbocycles. The minimum Gasteiger partial charge on any atom is -0.488 e. The van der Waals surface area contributed by atoms with Gasteiger partial charge in [0.1, 0.15) is 50.8 Å².